The summed E-state index contributed by atoms with van der Waals surface area (Å²) >= 11 is 6.85. The third-order valence-corrected chi connectivity index (χ3v) is 7.98. The van der Waals surface area contributed by atoms with E-state index in [1.165, 1.54) is 0 Å². The smallest absolute Gasteiger partial charge is 0.294 e. The molecule has 5 rings (SSSR count). The lowest BCUT2D eigenvalue weighted by Gasteiger charge is -2.31. The van der Waals surface area contributed by atoms with Crippen molar-refractivity contribution in [2.75, 3.05) is 19.6 Å². The van der Waals surface area contributed by atoms with Gasteiger partial charge in [-0.05, 0) is 71.1 Å². The van der Waals surface area contributed by atoms with Gasteiger partial charge < -0.3 is 9.64 Å². The molecule has 8 heteroatoms. The lowest BCUT2D eigenvalue weighted by atomic mass is 9.99. The topological polar surface area (TPSA) is 66.9 Å². The summed E-state index contributed by atoms with van der Waals surface area (Å²) in [6, 6.07) is 19.1. The van der Waals surface area contributed by atoms with E-state index in [-0.39, 0.29) is 17.4 Å². The molecule has 3 aromatic carbocycles. The quantitative estimate of drug-likeness (QED) is 0.344. The first-order valence-electron chi connectivity index (χ1n) is 12.3. The molecule has 190 valence electrons. The molecule has 3 amide bonds. The second-order valence-corrected chi connectivity index (χ2v) is 10.9. The number of imide groups is 1. The number of hydrogen-bond acceptors (Lipinski definition) is 5. The van der Waals surface area contributed by atoms with Gasteiger partial charge in [-0.3, -0.25) is 19.3 Å². The van der Waals surface area contributed by atoms with Gasteiger partial charge in [0.2, 0.25) is 5.91 Å². The van der Waals surface area contributed by atoms with Crippen molar-refractivity contribution in [1.29, 1.82) is 0 Å². The zero-order chi connectivity index (χ0) is 25.9. The maximum Gasteiger partial charge on any atom is 0.294 e. The van der Waals surface area contributed by atoms with Gasteiger partial charge in [0.1, 0.15) is 18.9 Å². The fourth-order valence-corrected chi connectivity index (χ4v) is 5.50. The summed E-state index contributed by atoms with van der Waals surface area (Å²) in [5, 5.41) is 2.11. The Kier molecular flexibility index (Phi) is 7.53. The Hall–Kier alpha value is -3.29. The highest BCUT2D eigenvalue weighted by molar-refractivity contribution is 8.18. The van der Waals surface area contributed by atoms with Crippen LogP contribution in [-0.4, -0.2) is 46.5 Å². The molecule has 0 aromatic heterocycles. The van der Waals surface area contributed by atoms with Gasteiger partial charge in [-0.15, -0.1) is 0 Å². The van der Waals surface area contributed by atoms with E-state index in [0.29, 0.717) is 41.9 Å². The Morgan fingerprint density at radius 2 is 1.78 bits per heavy atom. The number of fused-ring (bicyclic) bond motifs is 1. The highest BCUT2D eigenvalue weighted by Crippen LogP contribution is 2.37. The van der Waals surface area contributed by atoms with E-state index in [1.807, 2.05) is 60.7 Å². The summed E-state index contributed by atoms with van der Waals surface area (Å²) in [4.78, 5) is 41.9. The molecular formula is C29H27ClN2O4S. The fraction of sp³-hybridized carbons (Fsp3) is 0.276. The maximum atomic E-state index is 13.2. The largest absolute Gasteiger partial charge is 0.488 e. The van der Waals surface area contributed by atoms with Crippen molar-refractivity contribution in [2.45, 2.75) is 26.4 Å². The minimum atomic E-state index is -0.453. The number of carbonyl (C=O) groups excluding carboxylic acids is 3. The second-order valence-electron chi connectivity index (χ2n) is 9.44. The zero-order valence-electron chi connectivity index (χ0n) is 20.5. The molecule has 37 heavy (non-hydrogen) atoms. The number of ether oxygens (including phenoxy) is 1. The minimum Gasteiger partial charge on any atom is -0.488 e. The molecule has 0 atom stereocenters. The Morgan fingerprint density at radius 1 is 1.05 bits per heavy atom. The van der Waals surface area contributed by atoms with Crippen molar-refractivity contribution in [2.24, 2.45) is 5.92 Å². The van der Waals surface area contributed by atoms with Crippen LogP contribution in [0.15, 0.2) is 65.6 Å². The standard InChI is InChI=1S/C29H27ClN2O4S/c1-19-12-14-31(15-13-19)27(33)17-32-28(34)26(37-29(32)35)16-24-23-5-3-2-4-21(23)8-11-25(24)36-18-20-6-9-22(30)10-7-20/h2-11,16,19H,12-15,17-18H2,1H3/b26-16+. The molecule has 6 nitrogen and oxygen atoms in total. The van der Waals surface area contributed by atoms with E-state index in [2.05, 4.69) is 6.92 Å². The summed E-state index contributed by atoms with van der Waals surface area (Å²) in [7, 11) is 0. The molecule has 0 bridgehead atoms. The van der Waals surface area contributed by atoms with Crippen molar-refractivity contribution in [1.82, 2.24) is 9.80 Å². The second kappa shape index (κ2) is 11.0. The highest BCUT2D eigenvalue weighted by atomic mass is 35.5. The maximum absolute atomic E-state index is 13.2. The van der Waals surface area contributed by atoms with Gasteiger partial charge in [-0.1, -0.05) is 61.0 Å². The molecule has 0 radical (unpaired) electrons. The third kappa shape index (κ3) is 5.68. The summed E-state index contributed by atoms with van der Waals surface area (Å²) < 4.78 is 6.16. The number of thioether (sulfide) groups is 1. The fourth-order valence-electron chi connectivity index (χ4n) is 4.55. The van der Waals surface area contributed by atoms with Gasteiger partial charge in [0.25, 0.3) is 11.1 Å². The van der Waals surface area contributed by atoms with Gasteiger partial charge >= 0.3 is 0 Å². The highest BCUT2D eigenvalue weighted by Gasteiger charge is 2.37. The number of piperidine rings is 1. The molecule has 0 spiro atoms. The van der Waals surface area contributed by atoms with Crippen molar-refractivity contribution >= 4 is 57.3 Å². The number of likely N-dealkylation sites (tertiary alicyclic amines) is 1. The van der Waals surface area contributed by atoms with E-state index in [4.69, 9.17) is 16.3 Å². The summed E-state index contributed by atoms with van der Waals surface area (Å²) in [5.41, 5.74) is 1.67. The van der Waals surface area contributed by atoms with Gasteiger partial charge in [-0.25, -0.2) is 0 Å². The normalized spacial score (nSPS) is 17.7. The van der Waals surface area contributed by atoms with Crippen LogP contribution >= 0.6 is 23.4 Å². The molecule has 0 unspecified atom stereocenters. The average molecular weight is 535 g/mol. The summed E-state index contributed by atoms with van der Waals surface area (Å²) in [5.74, 6) is 0.540. The van der Waals surface area contributed by atoms with Gasteiger partial charge in [-0.2, -0.15) is 0 Å². The summed E-state index contributed by atoms with van der Waals surface area (Å²) in [6.07, 6.45) is 3.58. The predicted molar refractivity (Wildman–Crippen MR) is 147 cm³/mol. The zero-order valence-corrected chi connectivity index (χ0v) is 22.1. The van der Waals surface area contributed by atoms with E-state index in [9.17, 15) is 14.4 Å². The lowest BCUT2D eigenvalue weighted by molar-refractivity contribution is -0.136. The number of hydrogen-bond donors (Lipinski definition) is 0. The molecule has 3 aromatic rings. The molecular weight excluding hydrogens is 508 g/mol. The lowest BCUT2D eigenvalue weighted by Crippen LogP contribution is -2.45. The van der Waals surface area contributed by atoms with Crippen molar-refractivity contribution in [3.05, 3.63) is 81.7 Å². The van der Waals surface area contributed by atoms with E-state index in [0.717, 1.165) is 45.8 Å². The summed E-state index contributed by atoms with van der Waals surface area (Å²) in [6.45, 7) is 3.59. The van der Waals surface area contributed by atoms with Crippen LogP contribution in [0.25, 0.3) is 16.8 Å². The molecule has 2 aliphatic rings. The van der Waals surface area contributed by atoms with E-state index < -0.39 is 11.1 Å². The number of benzene rings is 3. The van der Waals surface area contributed by atoms with Gasteiger partial charge in [0.15, 0.2) is 0 Å². The molecule has 2 saturated heterocycles. The van der Waals surface area contributed by atoms with Crippen LogP contribution in [0.3, 0.4) is 0 Å². The molecule has 0 aliphatic carbocycles. The van der Waals surface area contributed by atoms with Crippen molar-refractivity contribution < 1.29 is 19.1 Å². The number of amides is 3. The number of nitrogens with zero attached hydrogens (tertiary/aromatic N) is 2. The molecule has 0 N–H and O–H groups in total. The number of halogens is 1. The van der Waals surface area contributed by atoms with Gasteiger partial charge in [0.05, 0.1) is 4.91 Å². The van der Waals surface area contributed by atoms with Crippen LogP contribution in [-0.2, 0) is 16.2 Å². The van der Waals surface area contributed by atoms with Crippen LogP contribution in [0.5, 0.6) is 5.75 Å². The van der Waals surface area contributed by atoms with Gasteiger partial charge in [0, 0.05) is 23.7 Å². The predicted octanol–water partition coefficient (Wildman–Crippen LogP) is 6.37. The first-order chi connectivity index (χ1) is 17.9. The van der Waals surface area contributed by atoms with Crippen LogP contribution in [0.4, 0.5) is 4.79 Å². The third-order valence-electron chi connectivity index (χ3n) is 6.82. The van der Waals surface area contributed by atoms with Crippen molar-refractivity contribution in [3.8, 4) is 5.75 Å². The van der Waals surface area contributed by atoms with Crippen LogP contribution in [0.1, 0.15) is 30.9 Å². The first-order valence-corrected chi connectivity index (χ1v) is 13.5. The van der Waals surface area contributed by atoms with Crippen LogP contribution in [0.2, 0.25) is 5.02 Å². The van der Waals surface area contributed by atoms with Crippen LogP contribution < -0.4 is 4.74 Å². The number of carbonyl (C=O) groups is 3. The molecule has 0 saturated carbocycles. The van der Waals surface area contributed by atoms with E-state index >= 15 is 0 Å². The molecule has 2 heterocycles. The Labute approximate surface area is 225 Å². The Morgan fingerprint density at radius 3 is 2.54 bits per heavy atom. The monoisotopic (exact) mass is 534 g/mol. The first kappa shape index (κ1) is 25.4. The Bertz CT molecular complexity index is 1380. The number of rotatable bonds is 6. The Balaban J connectivity index is 1.40. The molecule has 2 aliphatic heterocycles. The SMILES string of the molecule is CC1CCN(C(=O)CN2C(=O)S/C(=C/c3c(OCc4ccc(Cl)cc4)ccc4ccccc34)C2=O)CC1. The average Bonchev–Trinajstić information content (AvgIpc) is 3.16. The van der Waals surface area contributed by atoms with E-state index in [1.54, 1.807) is 11.0 Å². The van der Waals surface area contributed by atoms with Crippen LogP contribution in [0, 0.1) is 5.92 Å². The minimum absolute atomic E-state index is 0.187. The van der Waals surface area contributed by atoms with Crippen molar-refractivity contribution in [3.63, 3.8) is 0 Å². The molecule has 2 fully saturated rings.